The number of carbonyl (C=O) groups is 2. The van der Waals surface area contributed by atoms with Crippen molar-refractivity contribution in [3.8, 4) is 0 Å². The monoisotopic (exact) mass is 466 g/mol. The van der Waals surface area contributed by atoms with Crippen LogP contribution in [0.25, 0.3) is 0 Å². The van der Waals surface area contributed by atoms with Crippen LogP contribution in [0.4, 0.5) is 0 Å². The first-order chi connectivity index (χ1) is 14.7. The standard InChI is InChI=1S/C22H27ClN2O5S/c1-4-25(5-2)31(28,29)20-14-18(9-6-16(20)3)22(27)30-15-21(26)24-13-12-17-7-10-19(23)11-8-17/h6-11,14H,4-5,12-13,15H2,1-3H3,(H,24,26). The summed E-state index contributed by atoms with van der Waals surface area (Å²) in [6, 6.07) is 11.6. The topological polar surface area (TPSA) is 92.8 Å². The van der Waals surface area contributed by atoms with Crippen molar-refractivity contribution in [3.63, 3.8) is 0 Å². The predicted octanol–water partition coefficient (Wildman–Crippen LogP) is 3.19. The summed E-state index contributed by atoms with van der Waals surface area (Å²) in [5.41, 5.74) is 1.62. The smallest absolute Gasteiger partial charge is 0.338 e. The molecule has 0 spiro atoms. The zero-order valence-electron chi connectivity index (χ0n) is 17.9. The maximum atomic E-state index is 12.8. The molecule has 7 nitrogen and oxygen atoms in total. The second kappa shape index (κ2) is 11.3. The summed E-state index contributed by atoms with van der Waals surface area (Å²) in [6.07, 6.45) is 0.612. The van der Waals surface area contributed by atoms with Crippen LogP contribution < -0.4 is 5.32 Å². The van der Waals surface area contributed by atoms with Gasteiger partial charge in [-0.2, -0.15) is 4.31 Å². The maximum Gasteiger partial charge on any atom is 0.338 e. The first kappa shape index (κ1) is 24.8. The zero-order valence-corrected chi connectivity index (χ0v) is 19.4. The number of nitrogens with one attached hydrogen (secondary N) is 1. The summed E-state index contributed by atoms with van der Waals surface area (Å²) in [7, 11) is -3.72. The molecular formula is C22H27ClN2O5S. The molecule has 2 rings (SSSR count). The predicted molar refractivity (Wildman–Crippen MR) is 120 cm³/mol. The van der Waals surface area contributed by atoms with E-state index in [2.05, 4.69) is 5.32 Å². The Kier molecular flexibility index (Phi) is 9.03. The van der Waals surface area contributed by atoms with Crippen LogP contribution in [-0.4, -0.2) is 50.8 Å². The lowest BCUT2D eigenvalue weighted by Gasteiger charge is -2.20. The van der Waals surface area contributed by atoms with Crippen molar-refractivity contribution in [2.45, 2.75) is 32.1 Å². The average molecular weight is 467 g/mol. The molecule has 2 aromatic carbocycles. The number of ether oxygens (including phenoxy) is 1. The Balaban J connectivity index is 1.94. The Morgan fingerprint density at radius 1 is 1.06 bits per heavy atom. The normalized spacial score (nSPS) is 11.4. The van der Waals surface area contributed by atoms with E-state index >= 15 is 0 Å². The maximum absolute atomic E-state index is 12.8. The number of hydrogen-bond acceptors (Lipinski definition) is 5. The molecule has 0 aliphatic carbocycles. The number of carbonyl (C=O) groups excluding carboxylic acids is 2. The Bertz CT molecular complexity index is 1020. The SMILES string of the molecule is CCN(CC)S(=O)(=O)c1cc(C(=O)OCC(=O)NCCc2ccc(Cl)cc2)ccc1C. The summed E-state index contributed by atoms with van der Waals surface area (Å²) in [5, 5.41) is 3.32. The van der Waals surface area contributed by atoms with Crippen LogP contribution in [0.5, 0.6) is 0 Å². The quantitative estimate of drug-likeness (QED) is 0.543. The number of esters is 1. The van der Waals surface area contributed by atoms with Gasteiger partial charge in [-0.15, -0.1) is 0 Å². The number of rotatable bonds is 10. The molecule has 9 heteroatoms. The van der Waals surface area contributed by atoms with Crippen molar-refractivity contribution >= 4 is 33.5 Å². The molecule has 0 saturated heterocycles. The van der Waals surface area contributed by atoms with Crippen LogP contribution in [0.2, 0.25) is 5.02 Å². The van der Waals surface area contributed by atoms with Crippen molar-refractivity contribution in [1.29, 1.82) is 0 Å². The fourth-order valence-electron chi connectivity index (χ4n) is 2.97. The van der Waals surface area contributed by atoms with E-state index in [4.69, 9.17) is 16.3 Å². The second-order valence-electron chi connectivity index (χ2n) is 6.87. The molecule has 0 atom stereocenters. The van der Waals surface area contributed by atoms with Crippen molar-refractivity contribution in [3.05, 3.63) is 64.2 Å². The average Bonchev–Trinajstić information content (AvgIpc) is 2.74. The van der Waals surface area contributed by atoms with Gasteiger partial charge in [0.15, 0.2) is 6.61 Å². The number of halogens is 1. The highest BCUT2D eigenvalue weighted by molar-refractivity contribution is 7.89. The molecule has 168 valence electrons. The molecule has 31 heavy (non-hydrogen) atoms. The zero-order chi connectivity index (χ0) is 23.0. The fourth-order valence-corrected chi connectivity index (χ4v) is 4.81. The van der Waals surface area contributed by atoms with Gasteiger partial charge in [-0.05, 0) is 48.7 Å². The van der Waals surface area contributed by atoms with Gasteiger partial charge in [-0.25, -0.2) is 13.2 Å². The van der Waals surface area contributed by atoms with E-state index in [9.17, 15) is 18.0 Å². The number of aryl methyl sites for hydroxylation is 1. The van der Waals surface area contributed by atoms with Gasteiger partial charge in [-0.1, -0.05) is 43.6 Å². The lowest BCUT2D eigenvalue weighted by molar-refractivity contribution is -0.124. The van der Waals surface area contributed by atoms with Crippen LogP contribution >= 0.6 is 11.6 Å². The Morgan fingerprint density at radius 2 is 1.71 bits per heavy atom. The highest BCUT2D eigenvalue weighted by Crippen LogP contribution is 2.21. The largest absolute Gasteiger partial charge is 0.452 e. The number of hydrogen-bond donors (Lipinski definition) is 1. The van der Waals surface area contributed by atoms with Crippen LogP contribution in [-0.2, 0) is 26.0 Å². The van der Waals surface area contributed by atoms with Gasteiger partial charge < -0.3 is 10.1 Å². The molecule has 0 unspecified atom stereocenters. The minimum Gasteiger partial charge on any atom is -0.452 e. The van der Waals surface area contributed by atoms with Gasteiger partial charge in [0.2, 0.25) is 10.0 Å². The first-order valence-electron chi connectivity index (χ1n) is 9.98. The molecular weight excluding hydrogens is 440 g/mol. The summed E-state index contributed by atoms with van der Waals surface area (Å²) in [4.78, 5) is 24.4. The third-order valence-electron chi connectivity index (χ3n) is 4.73. The Labute approximate surface area is 188 Å². The first-order valence-corrected chi connectivity index (χ1v) is 11.8. The molecule has 1 amide bonds. The molecule has 0 heterocycles. The summed E-state index contributed by atoms with van der Waals surface area (Å²) in [6.45, 7) is 5.74. The lowest BCUT2D eigenvalue weighted by atomic mass is 10.1. The fraction of sp³-hybridized carbons (Fsp3) is 0.364. The molecule has 0 aliphatic heterocycles. The van der Waals surface area contributed by atoms with Gasteiger partial charge in [-0.3, -0.25) is 4.79 Å². The van der Waals surface area contributed by atoms with Crippen LogP contribution in [0.15, 0.2) is 47.4 Å². The molecule has 0 bridgehead atoms. The van der Waals surface area contributed by atoms with E-state index in [0.717, 1.165) is 5.56 Å². The minimum absolute atomic E-state index is 0.0538. The van der Waals surface area contributed by atoms with Crippen molar-refractivity contribution < 1.29 is 22.7 Å². The van der Waals surface area contributed by atoms with Crippen molar-refractivity contribution in [2.24, 2.45) is 0 Å². The third-order valence-corrected chi connectivity index (χ3v) is 7.17. The Morgan fingerprint density at radius 3 is 2.32 bits per heavy atom. The van der Waals surface area contributed by atoms with Gasteiger partial charge in [0.1, 0.15) is 0 Å². The Hall–Kier alpha value is -2.42. The number of amides is 1. The second-order valence-corrected chi connectivity index (χ2v) is 9.21. The highest BCUT2D eigenvalue weighted by atomic mass is 35.5. The van der Waals surface area contributed by atoms with Gasteiger partial charge in [0.25, 0.3) is 5.91 Å². The van der Waals surface area contributed by atoms with E-state index in [1.54, 1.807) is 39.0 Å². The highest BCUT2D eigenvalue weighted by Gasteiger charge is 2.25. The van der Waals surface area contributed by atoms with E-state index in [1.807, 2.05) is 12.1 Å². The number of nitrogens with zero attached hydrogens (tertiary/aromatic N) is 1. The third kappa shape index (κ3) is 6.78. The molecule has 1 N–H and O–H groups in total. The summed E-state index contributed by atoms with van der Waals surface area (Å²) in [5.74, 6) is -1.20. The minimum atomic E-state index is -3.72. The lowest BCUT2D eigenvalue weighted by Crippen LogP contribution is -2.31. The molecule has 0 fully saturated rings. The van der Waals surface area contributed by atoms with Gasteiger partial charge >= 0.3 is 5.97 Å². The molecule has 0 aromatic heterocycles. The van der Waals surface area contributed by atoms with Crippen LogP contribution in [0.1, 0.15) is 35.3 Å². The van der Waals surface area contributed by atoms with Crippen molar-refractivity contribution in [2.75, 3.05) is 26.2 Å². The van der Waals surface area contributed by atoms with E-state index in [-0.39, 0.29) is 10.5 Å². The van der Waals surface area contributed by atoms with Gasteiger partial charge in [0, 0.05) is 24.7 Å². The molecule has 0 aliphatic rings. The van der Waals surface area contributed by atoms with Crippen LogP contribution in [0.3, 0.4) is 0 Å². The molecule has 0 saturated carbocycles. The summed E-state index contributed by atoms with van der Waals surface area (Å²) < 4.78 is 32.0. The summed E-state index contributed by atoms with van der Waals surface area (Å²) >= 11 is 5.84. The van der Waals surface area contributed by atoms with Crippen molar-refractivity contribution in [1.82, 2.24) is 9.62 Å². The van der Waals surface area contributed by atoms with E-state index in [1.165, 1.54) is 16.4 Å². The van der Waals surface area contributed by atoms with Gasteiger partial charge in [0.05, 0.1) is 10.5 Å². The molecule has 0 radical (unpaired) electrons. The molecule has 2 aromatic rings. The van der Waals surface area contributed by atoms with E-state index in [0.29, 0.717) is 36.6 Å². The number of benzene rings is 2. The van der Waals surface area contributed by atoms with Crippen LogP contribution in [0, 0.1) is 6.92 Å². The number of sulfonamides is 1. The van der Waals surface area contributed by atoms with E-state index < -0.39 is 28.5 Å².